The molecular formula is C9H16N4O. The molecule has 0 amide bonds. The van der Waals surface area contributed by atoms with Crippen LogP contribution in [0.2, 0.25) is 0 Å². The third-order valence-electron chi connectivity index (χ3n) is 3.08. The Morgan fingerprint density at radius 2 is 2.14 bits per heavy atom. The summed E-state index contributed by atoms with van der Waals surface area (Å²) in [6, 6.07) is 0. The van der Waals surface area contributed by atoms with Crippen LogP contribution in [-0.2, 0) is 13.5 Å². The van der Waals surface area contributed by atoms with E-state index in [2.05, 4.69) is 15.4 Å². The lowest BCUT2D eigenvalue weighted by molar-refractivity contribution is 0.128. The normalized spacial score (nSPS) is 20.1. The minimum atomic E-state index is 0.0308. The topological polar surface area (TPSA) is 63.8 Å². The molecule has 5 heteroatoms. The Balaban J connectivity index is 2.08. The van der Waals surface area contributed by atoms with E-state index in [1.54, 1.807) is 7.05 Å². The number of rotatable bonds is 3. The van der Waals surface area contributed by atoms with Crippen molar-refractivity contribution in [3.8, 4) is 0 Å². The van der Waals surface area contributed by atoms with E-state index in [9.17, 15) is 5.11 Å². The van der Waals surface area contributed by atoms with Gasteiger partial charge in [0.15, 0.2) is 5.82 Å². The summed E-state index contributed by atoms with van der Waals surface area (Å²) >= 11 is 0. The molecule has 1 aromatic heterocycles. The first-order valence-corrected chi connectivity index (χ1v) is 5.08. The van der Waals surface area contributed by atoms with E-state index < -0.39 is 0 Å². The predicted molar refractivity (Wildman–Crippen MR) is 50.5 cm³/mol. The van der Waals surface area contributed by atoms with Crippen molar-refractivity contribution in [3.63, 3.8) is 0 Å². The summed E-state index contributed by atoms with van der Waals surface area (Å²) in [6.07, 6.45) is 5.35. The number of aliphatic hydroxyl groups excluding tert-OH is 1. The summed E-state index contributed by atoms with van der Waals surface area (Å²) in [4.78, 5) is 1.47. The molecule has 0 unspecified atom stereocenters. The highest BCUT2D eigenvalue weighted by Gasteiger charge is 2.34. The molecule has 0 bridgehead atoms. The van der Waals surface area contributed by atoms with Crippen LogP contribution in [0.1, 0.15) is 31.5 Å². The van der Waals surface area contributed by atoms with Gasteiger partial charge in [-0.3, -0.25) is 0 Å². The average molecular weight is 196 g/mol. The number of hydrogen-bond acceptors (Lipinski definition) is 4. The maximum absolute atomic E-state index is 9.40. The van der Waals surface area contributed by atoms with Crippen molar-refractivity contribution in [2.45, 2.75) is 32.1 Å². The molecule has 0 saturated heterocycles. The number of hydrogen-bond donors (Lipinski definition) is 1. The molecule has 14 heavy (non-hydrogen) atoms. The van der Waals surface area contributed by atoms with Crippen molar-refractivity contribution in [2.75, 3.05) is 6.61 Å². The van der Waals surface area contributed by atoms with Gasteiger partial charge in [0.25, 0.3) is 0 Å². The van der Waals surface area contributed by atoms with Gasteiger partial charge in [0.2, 0.25) is 0 Å². The van der Waals surface area contributed by atoms with E-state index in [0.717, 1.165) is 25.1 Å². The van der Waals surface area contributed by atoms with Crippen molar-refractivity contribution in [1.29, 1.82) is 0 Å². The lowest BCUT2D eigenvalue weighted by atomic mass is 9.83. The Morgan fingerprint density at radius 3 is 2.64 bits per heavy atom. The fraction of sp³-hybridized carbons (Fsp3) is 0.889. The summed E-state index contributed by atoms with van der Waals surface area (Å²) in [6.45, 7) is 0.241. The zero-order chi connectivity index (χ0) is 10.0. The van der Waals surface area contributed by atoms with Crippen molar-refractivity contribution in [1.82, 2.24) is 20.2 Å². The Hall–Kier alpha value is -0.970. The second-order valence-electron chi connectivity index (χ2n) is 4.24. The molecule has 78 valence electrons. The van der Waals surface area contributed by atoms with Gasteiger partial charge >= 0.3 is 0 Å². The molecule has 1 aromatic rings. The number of tetrazole rings is 1. The van der Waals surface area contributed by atoms with Gasteiger partial charge in [-0.05, 0) is 18.1 Å². The van der Waals surface area contributed by atoms with Crippen LogP contribution in [0, 0.1) is 5.41 Å². The lowest BCUT2D eigenvalue weighted by Gasteiger charge is -2.24. The van der Waals surface area contributed by atoms with Crippen LogP contribution in [0.4, 0.5) is 0 Å². The van der Waals surface area contributed by atoms with Gasteiger partial charge in [0.05, 0.1) is 7.05 Å². The van der Waals surface area contributed by atoms with Gasteiger partial charge in [-0.1, -0.05) is 12.8 Å². The second kappa shape index (κ2) is 3.65. The zero-order valence-corrected chi connectivity index (χ0v) is 8.48. The van der Waals surface area contributed by atoms with Crippen LogP contribution >= 0.6 is 0 Å². The Kier molecular flexibility index (Phi) is 2.50. The molecule has 1 aliphatic rings. The monoisotopic (exact) mass is 196 g/mol. The number of nitrogens with zero attached hydrogens (tertiary/aromatic N) is 4. The number of aliphatic hydroxyl groups is 1. The summed E-state index contributed by atoms with van der Waals surface area (Å²) in [7, 11) is 1.76. The van der Waals surface area contributed by atoms with E-state index in [4.69, 9.17) is 0 Å². The van der Waals surface area contributed by atoms with Crippen molar-refractivity contribution < 1.29 is 5.11 Å². The van der Waals surface area contributed by atoms with E-state index in [1.807, 2.05) is 0 Å². The van der Waals surface area contributed by atoms with Gasteiger partial charge in [0, 0.05) is 18.4 Å². The molecule has 5 nitrogen and oxygen atoms in total. The fourth-order valence-corrected chi connectivity index (χ4v) is 2.25. The maximum atomic E-state index is 9.40. The first kappa shape index (κ1) is 9.58. The standard InChI is InChI=1S/C9H16N4O/c1-13-11-8(10-12-13)6-9(7-14)4-2-3-5-9/h14H,2-7H2,1H3. The summed E-state index contributed by atoms with van der Waals surface area (Å²) in [5, 5.41) is 21.3. The van der Waals surface area contributed by atoms with Gasteiger partial charge in [-0.25, -0.2) is 0 Å². The summed E-state index contributed by atoms with van der Waals surface area (Å²) in [5.41, 5.74) is 0.0308. The van der Waals surface area contributed by atoms with E-state index in [-0.39, 0.29) is 12.0 Å². The SMILES string of the molecule is Cn1nnc(CC2(CO)CCCC2)n1. The summed E-state index contributed by atoms with van der Waals surface area (Å²) < 4.78 is 0. The van der Waals surface area contributed by atoms with Gasteiger partial charge in [-0.15, -0.1) is 10.2 Å². The zero-order valence-electron chi connectivity index (χ0n) is 8.48. The molecule has 0 aliphatic heterocycles. The second-order valence-corrected chi connectivity index (χ2v) is 4.24. The third kappa shape index (κ3) is 1.77. The molecule has 0 spiro atoms. The van der Waals surface area contributed by atoms with E-state index >= 15 is 0 Å². The molecule has 0 atom stereocenters. The third-order valence-corrected chi connectivity index (χ3v) is 3.08. The number of aromatic nitrogens is 4. The Bertz CT molecular complexity index is 304. The highest BCUT2D eigenvalue weighted by atomic mass is 16.3. The molecule has 0 aromatic carbocycles. The molecule has 1 N–H and O–H groups in total. The fourth-order valence-electron chi connectivity index (χ4n) is 2.25. The minimum absolute atomic E-state index is 0.0308. The molecule has 1 fully saturated rings. The molecule has 0 radical (unpaired) electrons. The quantitative estimate of drug-likeness (QED) is 0.755. The minimum Gasteiger partial charge on any atom is -0.396 e. The first-order chi connectivity index (χ1) is 6.74. The average Bonchev–Trinajstić information content (AvgIpc) is 2.77. The van der Waals surface area contributed by atoms with Crippen molar-refractivity contribution >= 4 is 0 Å². The van der Waals surface area contributed by atoms with Crippen LogP contribution < -0.4 is 0 Å². The predicted octanol–water partition coefficient (Wildman–Crippen LogP) is 0.305. The van der Waals surface area contributed by atoms with Gasteiger partial charge in [0.1, 0.15) is 0 Å². The molecule has 1 heterocycles. The highest BCUT2D eigenvalue weighted by molar-refractivity contribution is 4.93. The first-order valence-electron chi connectivity index (χ1n) is 5.08. The smallest absolute Gasteiger partial charge is 0.175 e. The van der Waals surface area contributed by atoms with Crippen molar-refractivity contribution in [2.24, 2.45) is 12.5 Å². The van der Waals surface area contributed by atoms with Crippen LogP contribution in [-0.4, -0.2) is 31.9 Å². The largest absolute Gasteiger partial charge is 0.396 e. The van der Waals surface area contributed by atoms with Crippen LogP contribution in [0.15, 0.2) is 0 Å². The van der Waals surface area contributed by atoms with E-state index in [0.29, 0.717) is 0 Å². The molecule has 2 rings (SSSR count). The van der Waals surface area contributed by atoms with E-state index in [1.165, 1.54) is 17.6 Å². The molecule has 1 aliphatic carbocycles. The van der Waals surface area contributed by atoms with Gasteiger partial charge in [-0.2, -0.15) is 4.80 Å². The highest BCUT2D eigenvalue weighted by Crippen LogP contribution is 2.39. The summed E-state index contributed by atoms with van der Waals surface area (Å²) in [5.74, 6) is 0.753. The number of aryl methyl sites for hydroxylation is 1. The maximum Gasteiger partial charge on any atom is 0.175 e. The molecular weight excluding hydrogens is 180 g/mol. The lowest BCUT2D eigenvalue weighted by Crippen LogP contribution is -2.25. The molecule has 1 saturated carbocycles. The van der Waals surface area contributed by atoms with Crippen LogP contribution in [0.3, 0.4) is 0 Å². The Labute approximate surface area is 83.1 Å². The Morgan fingerprint density at radius 1 is 1.43 bits per heavy atom. The van der Waals surface area contributed by atoms with Crippen LogP contribution in [0.25, 0.3) is 0 Å². The van der Waals surface area contributed by atoms with Crippen LogP contribution in [0.5, 0.6) is 0 Å². The van der Waals surface area contributed by atoms with Crippen molar-refractivity contribution in [3.05, 3.63) is 5.82 Å². The van der Waals surface area contributed by atoms with Gasteiger partial charge < -0.3 is 5.11 Å².